The lowest BCUT2D eigenvalue weighted by Crippen LogP contribution is -2.46. The molecule has 1 aliphatic rings. The van der Waals surface area contributed by atoms with Gasteiger partial charge in [0.1, 0.15) is 16.8 Å². The summed E-state index contributed by atoms with van der Waals surface area (Å²) in [6, 6.07) is 9.99. The third-order valence-electron chi connectivity index (χ3n) is 5.45. The molecule has 152 valence electrons. The molecule has 7 heteroatoms. The minimum absolute atomic E-state index is 0.0238. The zero-order valence-electron chi connectivity index (χ0n) is 16.9. The van der Waals surface area contributed by atoms with Gasteiger partial charge in [-0.3, -0.25) is 9.59 Å². The van der Waals surface area contributed by atoms with Crippen LogP contribution in [0.15, 0.2) is 35.1 Å². The number of rotatable bonds is 4. The highest BCUT2D eigenvalue weighted by Crippen LogP contribution is 2.27. The second kappa shape index (κ2) is 8.08. The van der Waals surface area contributed by atoms with Crippen LogP contribution in [0.3, 0.4) is 0 Å². The molecule has 2 aromatic heterocycles. The highest BCUT2D eigenvalue weighted by molar-refractivity contribution is 7.18. The van der Waals surface area contributed by atoms with Gasteiger partial charge in [0.25, 0.3) is 5.56 Å². The number of carbonyl (C=O) groups is 1. The summed E-state index contributed by atoms with van der Waals surface area (Å²) < 4.78 is 6.04. The number of amides is 1. The summed E-state index contributed by atoms with van der Waals surface area (Å²) in [5.74, 6) is 0.625. The molecule has 0 aliphatic carbocycles. The molecule has 2 unspecified atom stereocenters. The van der Waals surface area contributed by atoms with Crippen molar-refractivity contribution >= 4 is 27.5 Å². The molecule has 1 amide bonds. The molecule has 0 radical (unpaired) electrons. The topological polar surface area (TPSA) is 75.3 Å². The van der Waals surface area contributed by atoms with Crippen LogP contribution in [-0.2, 0) is 16.0 Å². The summed E-state index contributed by atoms with van der Waals surface area (Å²) in [4.78, 5) is 36.4. The number of hydrogen-bond acceptors (Lipinski definition) is 5. The zero-order chi connectivity index (χ0) is 20.5. The molecule has 1 aliphatic heterocycles. The molecule has 2 atom stereocenters. The summed E-state index contributed by atoms with van der Waals surface area (Å²) in [6.07, 6.45) is 0.591. The summed E-state index contributed by atoms with van der Waals surface area (Å²) in [5, 5.41) is 0.662. The highest BCUT2D eigenvalue weighted by Gasteiger charge is 2.29. The first-order valence-corrected chi connectivity index (χ1v) is 10.7. The molecule has 1 fully saturated rings. The summed E-state index contributed by atoms with van der Waals surface area (Å²) in [7, 11) is 0. The van der Waals surface area contributed by atoms with Gasteiger partial charge in [0.15, 0.2) is 0 Å². The van der Waals surface area contributed by atoms with Gasteiger partial charge in [-0.25, -0.2) is 4.98 Å². The van der Waals surface area contributed by atoms with Crippen molar-refractivity contribution in [2.45, 2.75) is 45.8 Å². The first-order chi connectivity index (χ1) is 13.9. The Morgan fingerprint density at radius 3 is 2.79 bits per heavy atom. The van der Waals surface area contributed by atoms with Crippen LogP contribution in [0.2, 0.25) is 0 Å². The molecule has 0 spiro atoms. The molecule has 3 heterocycles. The number of ether oxygens (including phenoxy) is 1. The van der Waals surface area contributed by atoms with Gasteiger partial charge in [-0.05, 0) is 31.9 Å². The van der Waals surface area contributed by atoms with E-state index in [1.165, 1.54) is 11.3 Å². The van der Waals surface area contributed by atoms with E-state index in [-0.39, 0.29) is 23.7 Å². The van der Waals surface area contributed by atoms with Gasteiger partial charge in [0.2, 0.25) is 5.91 Å². The number of benzene rings is 1. The van der Waals surface area contributed by atoms with Gasteiger partial charge in [-0.15, -0.1) is 11.3 Å². The molecule has 29 heavy (non-hydrogen) atoms. The van der Waals surface area contributed by atoms with Crippen molar-refractivity contribution in [1.29, 1.82) is 0 Å². The lowest BCUT2D eigenvalue weighted by Gasteiger charge is -2.37. The van der Waals surface area contributed by atoms with Gasteiger partial charge in [0, 0.05) is 24.3 Å². The van der Waals surface area contributed by atoms with E-state index in [2.05, 4.69) is 9.97 Å². The fourth-order valence-corrected chi connectivity index (χ4v) is 4.86. The van der Waals surface area contributed by atoms with E-state index in [0.717, 1.165) is 20.8 Å². The van der Waals surface area contributed by atoms with E-state index in [0.29, 0.717) is 37.1 Å². The van der Waals surface area contributed by atoms with Gasteiger partial charge in [-0.2, -0.15) is 0 Å². The Hall–Kier alpha value is -2.51. The number of aryl methyl sites for hydroxylation is 3. The lowest BCUT2D eigenvalue weighted by molar-refractivity contribution is -0.144. The Morgan fingerprint density at radius 1 is 1.28 bits per heavy atom. The van der Waals surface area contributed by atoms with E-state index in [1.54, 1.807) is 0 Å². The maximum atomic E-state index is 12.9. The SMILES string of the molecule is Cc1sc2nc(CCC(=O)N3CC(C)OC(c4ccccc4)C3)[nH]c(=O)c2c1C. The number of nitrogens with one attached hydrogen (secondary N) is 1. The molecular formula is C22H25N3O3S. The molecule has 3 aromatic rings. The molecule has 0 saturated carbocycles. The van der Waals surface area contributed by atoms with E-state index in [4.69, 9.17) is 4.74 Å². The van der Waals surface area contributed by atoms with Crippen molar-refractivity contribution in [2.75, 3.05) is 13.1 Å². The van der Waals surface area contributed by atoms with Crippen LogP contribution < -0.4 is 5.56 Å². The third kappa shape index (κ3) is 4.11. The molecular weight excluding hydrogens is 386 g/mol. The fourth-order valence-electron chi connectivity index (χ4n) is 3.81. The molecule has 1 N–H and O–H groups in total. The van der Waals surface area contributed by atoms with Gasteiger partial charge >= 0.3 is 0 Å². The van der Waals surface area contributed by atoms with Crippen molar-refractivity contribution in [2.24, 2.45) is 0 Å². The quantitative estimate of drug-likeness (QED) is 0.713. The molecule has 1 aromatic carbocycles. The third-order valence-corrected chi connectivity index (χ3v) is 6.55. The molecule has 1 saturated heterocycles. The van der Waals surface area contributed by atoms with Crippen LogP contribution in [0.1, 0.15) is 41.3 Å². The van der Waals surface area contributed by atoms with Crippen molar-refractivity contribution < 1.29 is 9.53 Å². The zero-order valence-corrected chi connectivity index (χ0v) is 17.7. The number of H-pyrrole nitrogens is 1. The second-order valence-electron chi connectivity index (χ2n) is 7.62. The van der Waals surface area contributed by atoms with Crippen LogP contribution in [0, 0.1) is 13.8 Å². The second-order valence-corrected chi connectivity index (χ2v) is 8.82. The minimum Gasteiger partial charge on any atom is -0.367 e. The van der Waals surface area contributed by atoms with E-state index >= 15 is 0 Å². The average Bonchev–Trinajstić information content (AvgIpc) is 3.00. The Kier molecular flexibility index (Phi) is 5.52. The van der Waals surface area contributed by atoms with Gasteiger partial charge in [-0.1, -0.05) is 30.3 Å². The van der Waals surface area contributed by atoms with Gasteiger partial charge in [0.05, 0.1) is 18.0 Å². The van der Waals surface area contributed by atoms with Gasteiger partial charge < -0.3 is 14.6 Å². The first kappa shape index (κ1) is 19.8. The number of fused-ring (bicyclic) bond motifs is 1. The Bertz CT molecular complexity index is 1090. The lowest BCUT2D eigenvalue weighted by atomic mass is 10.1. The number of aromatic amines is 1. The number of aromatic nitrogens is 2. The van der Waals surface area contributed by atoms with Crippen molar-refractivity contribution in [3.8, 4) is 0 Å². The highest BCUT2D eigenvalue weighted by atomic mass is 32.1. The summed E-state index contributed by atoms with van der Waals surface area (Å²) >= 11 is 1.52. The van der Waals surface area contributed by atoms with Crippen molar-refractivity contribution in [3.63, 3.8) is 0 Å². The number of carbonyl (C=O) groups excluding carboxylic acids is 1. The Balaban J connectivity index is 1.45. The molecule has 0 bridgehead atoms. The Morgan fingerprint density at radius 2 is 2.03 bits per heavy atom. The fraction of sp³-hybridized carbons (Fsp3) is 0.409. The number of hydrogen-bond donors (Lipinski definition) is 1. The van der Waals surface area contributed by atoms with Crippen LogP contribution in [0.4, 0.5) is 0 Å². The maximum absolute atomic E-state index is 12.9. The van der Waals surface area contributed by atoms with Crippen LogP contribution in [0.5, 0.6) is 0 Å². The smallest absolute Gasteiger partial charge is 0.259 e. The van der Waals surface area contributed by atoms with Crippen LogP contribution >= 0.6 is 11.3 Å². The first-order valence-electron chi connectivity index (χ1n) is 9.89. The standard InChI is InChI=1S/C22H25N3O3S/c1-13-11-25(12-17(28-13)16-7-5-4-6-8-16)19(26)10-9-18-23-21(27)20-14(2)15(3)29-22(20)24-18/h4-8,13,17H,9-12H2,1-3H3,(H,23,24,27). The number of morpholine rings is 1. The van der Waals surface area contributed by atoms with Crippen LogP contribution in [0.25, 0.3) is 10.2 Å². The minimum atomic E-state index is -0.122. The normalized spacial score (nSPS) is 19.6. The summed E-state index contributed by atoms with van der Waals surface area (Å²) in [6.45, 7) is 7.04. The molecule has 4 rings (SSSR count). The largest absolute Gasteiger partial charge is 0.367 e. The predicted octanol–water partition coefficient (Wildman–Crippen LogP) is 3.52. The predicted molar refractivity (Wildman–Crippen MR) is 114 cm³/mol. The monoisotopic (exact) mass is 411 g/mol. The van der Waals surface area contributed by atoms with E-state index in [1.807, 2.05) is 56.0 Å². The number of thiophene rings is 1. The number of nitrogens with zero attached hydrogens (tertiary/aromatic N) is 2. The molecule has 6 nitrogen and oxygen atoms in total. The van der Waals surface area contributed by atoms with Crippen molar-refractivity contribution in [3.05, 3.63) is 62.5 Å². The van der Waals surface area contributed by atoms with E-state index in [9.17, 15) is 9.59 Å². The maximum Gasteiger partial charge on any atom is 0.259 e. The summed E-state index contributed by atoms with van der Waals surface area (Å²) in [5.41, 5.74) is 1.94. The van der Waals surface area contributed by atoms with Crippen LogP contribution in [-0.4, -0.2) is 40.0 Å². The van der Waals surface area contributed by atoms with E-state index < -0.39 is 0 Å². The Labute approximate surface area is 173 Å². The average molecular weight is 412 g/mol. The van der Waals surface area contributed by atoms with Crippen molar-refractivity contribution in [1.82, 2.24) is 14.9 Å².